The molecule has 0 bridgehead atoms. The summed E-state index contributed by atoms with van der Waals surface area (Å²) < 4.78 is 5.97. The molecule has 0 rings (SSSR count). The van der Waals surface area contributed by atoms with Crippen LogP contribution < -0.4 is 0 Å². The summed E-state index contributed by atoms with van der Waals surface area (Å²) in [5.74, 6) is -0.745. The monoisotopic (exact) mass is 685 g/mol. The third kappa shape index (κ3) is 40.2. The fraction of sp³-hybridized carbons (Fsp3) is 0.778. The maximum atomic E-state index is 12.7. The Bertz CT molecular complexity index is 824. The third-order valence-corrected chi connectivity index (χ3v) is 9.32. The van der Waals surface area contributed by atoms with Crippen molar-refractivity contribution in [2.75, 3.05) is 0 Å². The number of carbonyl (C=O) groups excluding carboxylic acids is 1. The van der Waals surface area contributed by atoms with Gasteiger partial charge in [0.15, 0.2) is 0 Å². The molecule has 4 heteroatoms. The molecule has 0 saturated carbocycles. The molecule has 0 aromatic rings. The number of esters is 1. The summed E-state index contributed by atoms with van der Waals surface area (Å²) in [5, 5.41) is 8.83. The molecule has 1 unspecified atom stereocenters. The number of aliphatic carboxylic acids is 1. The maximum Gasteiger partial charge on any atom is 0.306 e. The molecule has 0 saturated heterocycles. The molecule has 0 aliphatic rings. The van der Waals surface area contributed by atoms with Crippen molar-refractivity contribution in [3.63, 3.8) is 0 Å². The van der Waals surface area contributed by atoms with Crippen molar-refractivity contribution in [1.29, 1.82) is 0 Å². The summed E-state index contributed by atoms with van der Waals surface area (Å²) in [6, 6.07) is 0. The fourth-order valence-electron chi connectivity index (χ4n) is 6.24. The standard InChI is InChI=1S/C45H80O4/c1-3-5-7-9-11-13-15-17-18-19-20-21-23-25-27-29-34-38-42-45(48)49-43(40-36-32-30-33-37-41-44(46)47)39-35-31-28-26-24-22-16-14-12-10-8-6-4-2/h6,8,12,14,22,24,28,31,43H,3-5,7,9-11,13,15-21,23,25-27,29-30,32-42H2,1-2H3,(H,46,47)/b8-6-,14-12-,24-22-,31-28-. The summed E-state index contributed by atoms with van der Waals surface area (Å²) in [5.41, 5.74) is 0. The van der Waals surface area contributed by atoms with Crippen molar-refractivity contribution in [2.45, 2.75) is 225 Å². The van der Waals surface area contributed by atoms with Crippen LogP contribution in [0.15, 0.2) is 48.6 Å². The molecule has 49 heavy (non-hydrogen) atoms. The average molecular weight is 685 g/mol. The number of unbranched alkanes of at least 4 members (excludes halogenated alkanes) is 21. The van der Waals surface area contributed by atoms with Gasteiger partial charge in [-0.1, -0.05) is 191 Å². The smallest absolute Gasteiger partial charge is 0.306 e. The highest BCUT2D eigenvalue weighted by Crippen LogP contribution is 2.18. The van der Waals surface area contributed by atoms with Crippen LogP contribution in [-0.4, -0.2) is 23.1 Å². The third-order valence-electron chi connectivity index (χ3n) is 9.32. The highest BCUT2D eigenvalue weighted by atomic mass is 16.5. The molecule has 0 fully saturated rings. The molecule has 0 spiro atoms. The number of carbonyl (C=O) groups is 2. The summed E-state index contributed by atoms with van der Waals surface area (Å²) in [6.07, 6.45) is 54.3. The second-order valence-electron chi connectivity index (χ2n) is 14.2. The normalized spacial score (nSPS) is 12.7. The minimum atomic E-state index is -0.711. The van der Waals surface area contributed by atoms with E-state index in [1.807, 2.05) is 0 Å². The summed E-state index contributed by atoms with van der Waals surface area (Å²) in [4.78, 5) is 23.4. The van der Waals surface area contributed by atoms with Crippen LogP contribution in [-0.2, 0) is 14.3 Å². The predicted octanol–water partition coefficient (Wildman–Crippen LogP) is 14.7. The lowest BCUT2D eigenvalue weighted by atomic mass is 10.0. The van der Waals surface area contributed by atoms with Gasteiger partial charge in [0.25, 0.3) is 0 Å². The Hall–Kier alpha value is -2.10. The average Bonchev–Trinajstić information content (AvgIpc) is 3.09. The predicted molar refractivity (Wildman–Crippen MR) is 213 cm³/mol. The van der Waals surface area contributed by atoms with Gasteiger partial charge >= 0.3 is 11.9 Å². The van der Waals surface area contributed by atoms with Crippen LogP contribution >= 0.6 is 0 Å². The molecule has 0 aliphatic carbocycles. The van der Waals surface area contributed by atoms with Crippen LogP contribution in [0.1, 0.15) is 219 Å². The van der Waals surface area contributed by atoms with Crippen LogP contribution in [0.25, 0.3) is 0 Å². The number of hydrogen-bond donors (Lipinski definition) is 1. The van der Waals surface area contributed by atoms with Crippen molar-refractivity contribution in [3.05, 3.63) is 48.6 Å². The zero-order valence-corrected chi connectivity index (χ0v) is 32.5. The van der Waals surface area contributed by atoms with Gasteiger partial charge in [-0.15, -0.1) is 0 Å². The first-order valence-electron chi connectivity index (χ1n) is 21.1. The molecule has 0 amide bonds. The van der Waals surface area contributed by atoms with E-state index in [0.717, 1.165) is 89.9 Å². The zero-order valence-electron chi connectivity index (χ0n) is 32.5. The SMILES string of the molecule is CC/C=C\C/C=C\C/C=C\C/C=C\CCC(CCCCCCCC(=O)O)OC(=O)CCCCCCCCCCCCCCCCCCCC. The van der Waals surface area contributed by atoms with E-state index in [2.05, 4.69) is 62.5 Å². The molecule has 1 N–H and O–H groups in total. The number of ether oxygens (including phenoxy) is 1. The van der Waals surface area contributed by atoms with Gasteiger partial charge in [0.1, 0.15) is 6.10 Å². The van der Waals surface area contributed by atoms with E-state index < -0.39 is 5.97 Å². The first-order chi connectivity index (χ1) is 24.1. The zero-order chi connectivity index (χ0) is 35.7. The molecule has 0 heterocycles. The second kappa shape index (κ2) is 40.3. The lowest BCUT2D eigenvalue weighted by Gasteiger charge is -2.17. The Morgan fingerprint density at radius 1 is 0.469 bits per heavy atom. The Morgan fingerprint density at radius 2 is 0.857 bits per heavy atom. The van der Waals surface area contributed by atoms with E-state index in [1.165, 1.54) is 103 Å². The number of allylic oxidation sites excluding steroid dienone is 8. The van der Waals surface area contributed by atoms with Crippen LogP contribution in [0, 0.1) is 0 Å². The Morgan fingerprint density at radius 3 is 1.31 bits per heavy atom. The van der Waals surface area contributed by atoms with Crippen LogP contribution in [0.3, 0.4) is 0 Å². The molecule has 0 aliphatic heterocycles. The highest BCUT2D eigenvalue weighted by molar-refractivity contribution is 5.69. The molecule has 284 valence electrons. The van der Waals surface area contributed by atoms with E-state index in [-0.39, 0.29) is 18.5 Å². The summed E-state index contributed by atoms with van der Waals surface area (Å²) >= 11 is 0. The van der Waals surface area contributed by atoms with Gasteiger partial charge in [-0.2, -0.15) is 0 Å². The van der Waals surface area contributed by atoms with Gasteiger partial charge in [0, 0.05) is 12.8 Å². The Balaban J connectivity index is 4.06. The first-order valence-corrected chi connectivity index (χ1v) is 21.1. The fourth-order valence-corrected chi connectivity index (χ4v) is 6.24. The largest absolute Gasteiger partial charge is 0.481 e. The number of carboxylic acid groups (broad SMARTS) is 1. The maximum absolute atomic E-state index is 12.7. The van der Waals surface area contributed by atoms with Crippen molar-refractivity contribution in [3.8, 4) is 0 Å². The van der Waals surface area contributed by atoms with Crippen LogP contribution in [0.2, 0.25) is 0 Å². The molecule has 0 aromatic heterocycles. The van der Waals surface area contributed by atoms with Gasteiger partial charge in [-0.05, 0) is 64.2 Å². The summed E-state index contributed by atoms with van der Waals surface area (Å²) in [6.45, 7) is 4.44. The number of hydrogen-bond acceptors (Lipinski definition) is 3. The quantitative estimate of drug-likeness (QED) is 0.0399. The van der Waals surface area contributed by atoms with Crippen molar-refractivity contribution in [1.82, 2.24) is 0 Å². The van der Waals surface area contributed by atoms with Crippen LogP contribution in [0.5, 0.6) is 0 Å². The lowest BCUT2D eigenvalue weighted by molar-refractivity contribution is -0.150. The first kappa shape index (κ1) is 46.9. The molecular formula is C45H80O4. The second-order valence-corrected chi connectivity index (χ2v) is 14.2. The van der Waals surface area contributed by atoms with E-state index in [9.17, 15) is 9.59 Å². The van der Waals surface area contributed by atoms with Crippen molar-refractivity contribution in [2.24, 2.45) is 0 Å². The highest BCUT2D eigenvalue weighted by Gasteiger charge is 2.14. The number of carboxylic acids is 1. The summed E-state index contributed by atoms with van der Waals surface area (Å²) in [7, 11) is 0. The molecule has 0 radical (unpaired) electrons. The topological polar surface area (TPSA) is 63.6 Å². The van der Waals surface area contributed by atoms with Gasteiger partial charge < -0.3 is 9.84 Å². The van der Waals surface area contributed by atoms with Crippen LogP contribution in [0.4, 0.5) is 0 Å². The Kier molecular flexibility index (Phi) is 38.6. The number of rotatable bonds is 38. The van der Waals surface area contributed by atoms with Gasteiger partial charge in [-0.25, -0.2) is 0 Å². The molecule has 0 aromatic carbocycles. The van der Waals surface area contributed by atoms with Gasteiger partial charge in [-0.3, -0.25) is 9.59 Å². The Labute approximate surface area is 304 Å². The van der Waals surface area contributed by atoms with Crippen molar-refractivity contribution < 1.29 is 19.4 Å². The molecule has 4 nitrogen and oxygen atoms in total. The van der Waals surface area contributed by atoms with Gasteiger partial charge in [0.05, 0.1) is 0 Å². The lowest BCUT2D eigenvalue weighted by Crippen LogP contribution is -2.18. The van der Waals surface area contributed by atoms with Crippen molar-refractivity contribution >= 4 is 11.9 Å². The van der Waals surface area contributed by atoms with E-state index in [4.69, 9.17) is 9.84 Å². The van der Waals surface area contributed by atoms with E-state index in [1.54, 1.807) is 0 Å². The molecular weight excluding hydrogens is 604 g/mol. The minimum absolute atomic E-state index is 0.0193. The van der Waals surface area contributed by atoms with Gasteiger partial charge in [0.2, 0.25) is 0 Å². The minimum Gasteiger partial charge on any atom is -0.481 e. The van der Waals surface area contributed by atoms with E-state index >= 15 is 0 Å². The molecule has 1 atom stereocenters. The van der Waals surface area contributed by atoms with E-state index in [0.29, 0.717) is 6.42 Å².